The molecule has 1 fully saturated rings. The lowest BCUT2D eigenvalue weighted by Gasteiger charge is -2.10. The van der Waals surface area contributed by atoms with E-state index in [9.17, 15) is 18.8 Å². The Hall–Kier alpha value is -3.72. The minimum absolute atomic E-state index is 0.00590. The summed E-state index contributed by atoms with van der Waals surface area (Å²) in [5.74, 6) is -2.28. The number of carboxylic acids is 1. The molecule has 0 radical (unpaired) electrons. The molecule has 2 aromatic carbocycles. The number of imide groups is 1. The average Bonchev–Trinajstić information content (AvgIpc) is 2.96. The number of hydrogen-bond donors (Lipinski definition) is 3. The van der Waals surface area contributed by atoms with E-state index in [2.05, 4.69) is 0 Å². The lowest BCUT2D eigenvalue weighted by molar-refractivity contribution is -0.138. The number of halogens is 1. The van der Waals surface area contributed by atoms with Crippen LogP contribution in [0.25, 0.3) is 6.08 Å². The van der Waals surface area contributed by atoms with Gasteiger partial charge in [-0.25, -0.2) is 9.18 Å². The van der Waals surface area contributed by atoms with Crippen LogP contribution < -0.4 is 15.8 Å². The third-order valence-corrected chi connectivity index (χ3v) is 3.82. The predicted octanol–water partition coefficient (Wildman–Crippen LogP) is 2.18. The summed E-state index contributed by atoms with van der Waals surface area (Å²) in [6.07, 6.45) is 0.540. The summed E-state index contributed by atoms with van der Waals surface area (Å²) in [5.41, 5.74) is 6.45. The van der Waals surface area contributed by atoms with Crippen molar-refractivity contribution < 1.29 is 33.4 Å². The van der Waals surface area contributed by atoms with Gasteiger partial charge in [-0.1, -0.05) is 18.2 Å². The van der Waals surface area contributed by atoms with E-state index >= 15 is 0 Å². The van der Waals surface area contributed by atoms with Gasteiger partial charge in [-0.05, 0) is 47.9 Å². The fraction of sp³-hybridized carbons (Fsp3) is 0.105. The minimum atomic E-state index is -1.17. The Morgan fingerprint density at radius 3 is 2.54 bits per heavy atom. The molecule has 1 aliphatic heterocycles. The van der Waals surface area contributed by atoms with Crippen LogP contribution in [0.15, 0.2) is 48.2 Å². The second kappa shape index (κ2) is 7.89. The molecule has 144 valence electrons. The van der Waals surface area contributed by atoms with Crippen LogP contribution in [0.1, 0.15) is 11.1 Å². The predicted molar refractivity (Wildman–Crippen MR) is 94.8 cm³/mol. The van der Waals surface area contributed by atoms with Crippen molar-refractivity contribution in [1.29, 1.82) is 0 Å². The molecule has 3 rings (SSSR count). The van der Waals surface area contributed by atoms with Gasteiger partial charge in [0.25, 0.3) is 5.91 Å². The fourth-order valence-electron chi connectivity index (χ4n) is 2.43. The molecular formula is C19H15FN2O6. The van der Waals surface area contributed by atoms with E-state index in [0.29, 0.717) is 16.9 Å². The summed E-state index contributed by atoms with van der Waals surface area (Å²) >= 11 is 0. The maximum Gasteiger partial charge on any atom is 0.419 e. The highest BCUT2D eigenvalue weighted by atomic mass is 19.1. The Labute approximate surface area is 158 Å². The van der Waals surface area contributed by atoms with Gasteiger partial charge in [-0.3, -0.25) is 14.9 Å². The minimum Gasteiger partial charge on any atom is -0.480 e. The van der Waals surface area contributed by atoms with E-state index in [1.54, 1.807) is 24.3 Å². The molecule has 0 saturated carbocycles. The molecule has 28 heavy (non-hydrogen) atoms. The zero-order chi connectivity index (χ0) is 20.3. The maximum atomic E-state index is 14.2. The Balaban J connectivity index is 1.69. The van der Waals surface area contributed by atoms with Crippen molar-refractivity contribution in [3.63, 3.8) is 0 Å². The number of nitrogens with two attached hydrogens (primary N) is 1. The topological polar surface area (TPSA) is 128 Å². The van der Waals surface area contributed by atoms with Gasteiger partial charge in [0.05, 0.1) is 0 Å². The van der Waals surface area contributed by atoms with Crippen LogP contribution in [0.5, 0.6) is 11.5 Å². The Morgan fingerprint density at radius 1 is 1.25 bits per heavy atom. The number of benzene rings is 2. The first kappa shape index (κ1) is 19.1. The van der Waals surface area contributed by atoms with Crippen molar-refractivity contribution in [2.75, 3.05) is 0 Å². The van der Waals surface area contributed by atoms with Crippen LogP contribution in [0, 0.1) is 5.82 Å². The highest BCUT2D eigenvalue weighted by Crippen LogP contribution is 2.26. The smallest absolute Gasteiger partial charge is 0.419 e. The third-order valence-electron chi connectivity index (χ3n) is 3.82. The van der Waals surface area contributed by atoms with Gasteiger partial charge in [-0.15, -0.1) is 0 Å². The summed E-state index contributed by atoms with van der Waals surface area (Å²) < 4.78 is 24.4. The number of aliphatic carboxylic acids is 1. The van der Waals surface area contributed by atoms with Gasteiger partial charge in [0.2, 0.25) is 0 Å². The highest BCUT2D eigenvalue weighted by molar-refractivity contribution is 6.09. The van der Waals surface area contributed by atoms with Crippen molar-refractivity contribution in [1.82, 2.24) is 5.32 Å². The number of cyclic esters (lactones) is 1. The number of carboxylic acid groups (broad SMARTS) is 1. The molecular weight excluding hydrogens is 371 g/mol. The molecule has 2 amide bonds. The first-order valence-electron chi connectivity index (χ1n) is 8.11. The van der Waals surface area contributed by atoms with Gasteiger partial charge in [0.15, 0.2) is 17.3 Å². The van der Waals surface area contributed by atoms with E-state index in [0.717, 1.165) is 0 Å². The number of rotatable bonds is 6. The van der Waals surface area contributed by atoms with Crippen molar-refractivity contribution in [3.05, 3.63) is 65.2 Å². The quantitative estimate of drug-likeness (QED) is 0.649. The second-order valence-electron chi connectivity index (χ2n) is 5.94. The lowest BCUT2D eigenvalue weighted by Crippen LogP contribution is -2.32. The van der Waals surface area contributed by atoms with Crippen LogP contribution in [0.4, 0.5) is 9.18 Å². The first-order valence-corrected chi connectivity index (χ1v) is 8.11. The fourth-order valence-corrected chi connectivity index (χ4v) is 2.43. The van der Waals surface area contributed by atoms with E-state index in [1.807, 2.05) is 5.32 Å². The van der Waals surface area contributed by atoms with Crippen molar-refractivity contribution in [3.8, 4) is 11.5 Å². The van der Waals surface area contributed by atoms with Gasteiger partial charge < -0.3 is 20.3 Å². The molecule has 0 aliphatic carbocycles. The van der Waals surface area contributed by atoms with Gasteiger partial charge in [-0.2, -0.15) is 0 Å². The number of alkyl carbamates (subject to hydrolysis) is 1. The summed E-state index contributed by atoms with van der Waals surface area (Å²) in [4.78, 5) is 33.2. The standard InChI is InChI=1S/C19H15FN2O6/c20-13-7-11(8-14(21)18(24)25)3-6-15(13)27-12-4-1-10(2-5-12)9-16-17(23)22-19(26)28-16/h1-7,9,14H,8,21H2,(H,24,25)(H,22,23,26)/b16-9-. The Kier molecular flexibility index (Phi) is 5.37. The van der Waals surface area contributed by atoms with E-state index in [-0.39, 0.29) is 17.9 Å². The summed E-state index contributed by atoms with van der Waals surface area (Å²) in [5, 5.41) is 10.8. The van der Waals surface area contributed by atoms with E-state index in [4.69, 9.17) is 20.3 Å². The molecule has 0 spiro atoms. The molecule has 1 unspecified atom stereocenters. The second-order valence-corrected chi connectivity index (χ2v) is 5.94. The average molecular weight is 386 g/mol. The Bertz CT molecular complexity index is 971. The molecule has 4 N–H and O–H groups in total. The number of carbonyl (C=O) groups is 3. The van der Waals surface area contributed by atoms with Crippen LogP contribution in [-0.2, 0) is 20.7 Å². The van der Waals surface area contributed by atoms with E-state index in [1.165, 1.54) is 24.3 Å². The molecule has 0 aromatic heterocycles. The largest absolute Gasteiger partial charge is 0.480 e. The molecule has 2 aromatic rings. The van der Waals surface area contributed by atoms with Gasteiger partial charge >= 0.3 is 12.1 Å². The van der Waals surface area contributed by atoms with Crippen LogP contribution in [0.3, 0.4) is 0 Å². The van der Waals surface area contributed by atoms with Gasteiger partial charge in [0, 0.05) is 0 Å². The molecule has 1 heterocycles. The van der Waals surface area contributed by atoms with Crippen LogP contribution in [-0.4, -0.2) is 29.1 Å². The monoisotopic (exact) mass is 386 g/mol. The summed E-state index contributed by atoms with van der Waals surface area (Å²) in [7, 11) is 0. The molecule has 0 bridgehead atoms. The number of nitrogens with one attached hydrogen (secondary N) is 1. The Morgan fingerprint density at radius 2 is 1.96 bits per heavy atom. The number of ether oxygens (including phenoxy) is 2. The van der Waals surface area contributed by atoms with Gasteiger partial charge in [0.1, 0.15) is 11.8 Å². The number of hydrogen-bond acceptors (Lipinski definition) is 6. The molecule has 1 atom stereocenters. The number of amides is 2. The maximum absolute atomic E-state index is 14.2. The zero-order valence-corrected chi connectivity index (χ0v) is 14.3. The molecule has 1 saturated heterocycles. The highest BCUT2D eigenvalue weighted by Gasteiger charge is 2.25. The van der Waals surface area contributed by atoms with Crippen molar-refractivity contribution in [2.45, 2.75) is 12.5 Å². The first-order chi connectivity index (χ1) is 13.3. The molecule has 1 aliphatic rings. The van der Waals surface area contributed by atoms with Crippen molar-refractivity contribution >= 4 is 24.0 Å². The van der Waals surface area contributed by atoms with E-state index < -0.39 is 29.8 Å². The number of carbonyl (C=O) groups excluding carboxylic acids is 2. The SMILES string of the molecule is NC(Cc1ccc(Oc2ccc(/C=C3\OC(=O)NC3=O)cc2)c(F)c1)C(=O)O. The molecule has 9 heteroatoms. The van der Waals surface area contributed by atoms with Crippen LogP contribution in [0.2, 0.25) is 0 Å². The molecule has 8 nitrogen and oxygen atoms in total. The third kappa shape index (κ3) is 4.51. The van der Waals surface area contributed by atoms with Crippen LogP contribution >= 0.6 is 0 Å². The normalized spacial score (nSPS) is 15.9. The van der Waals surface area contributed by atoms with Crippen molar-refractivity contribution in [2.24, 2.45) is 5.73 Å². The summed E-state index contributed by atoms with van der Waals surface area (Å²) in [6.45, 7) is 0. The zero-order valence-electron chi connectivity index (χ0n) is 14.3. The lowest BCUT2D eigenvalue weighted by atomic mass is 10.1. The summed E-state index contributed by atoms with van der Waals surface area (Å²) in [6, 6.07) is 9.27.